The Morgan fingerprint density at radius 2 is 1.58 bits per heavy atom. The van der Waals surface area contributed by atoms with E-state index in [1.807, 2.05) is 23.9 Å². The zero-order valence-corrected chi connectivity index (χ0v) is 24.3. The number of hydrogen-bond acceptors (Lipinski definition) is 7. The maximum Gasteiger partial charge on any atom is 0.280 e. The smallest absolute Gasteiger partial charge is 0.280 e. The van der Waals surface area contributed by atoms with Gasteiger partial charge in [-0.15, -0.1) is 0 Å². The second-order valence-corrected chi connectivity index (χ2v) is 13.4. The van der Waals surface area contributed by atoms with Gasteiger partial charge in [0.1, 0.15) is 11.6 Å². The molecule has 3 rings (SSSR count). The highest BCUT2D eigenvalue weighted by Crippen LogP contribution is 2.28. The van der Waals surface area contributed by atoms with E-state index in [1.54, 1.807) is 39.0 Å². The van der Waals surface area contributed by atoms with E-state index in [-0.39, 0.29) is 36.0 Å². The number of nitrogens with zero attached hydrogens (tertiary/aromatic N) is 3. The topological polar surface area (TPSA) is 111 Å². The SMILES string of the molecule is COc1cc(F)cc(N2CC(C)N(S(=O)(=O)NC[C@@H](C)CNS(=O)(=O)c3ccc(N(C)C)cc3)C(C)C2)c1. The molecule has 0 radical (unpaired) electrons. The number of benzene rings is 2. The van der Waals surface area contributed by atoms with Gasteiger partial charge < -0.3 is 14.5 Å². The van der Waals surface area contributed by atoms with Gasteiger partial charge in [-0.2, -0.15) is 12.7 Å². The summed E-state index contributed by atoms with van der Waals surface area (Å²) in [5, 5.41) is 0. The predicted molar refractivity (Wildman–Crippen MR) is 148 cm³/mol. The Bertz CT molecular complexity index is 1290. The maximum absolute atomic E-state index is 14.0. The quantitative estimate of drug-likeness (QED) is 0.426. The Morgan fingerprint density at radius 1 is 1.00 bits per heavy atom. The third-order valence-corrected chi connectivity index (χ3v) is 9.72. The van der Waals surface area contributed by atoms with E-state index in [4.69, 9.17) is 4.74 Å². The molecule has 3 atom stereocenters. The number of ether oxygens (including phenoxy) is 1. The second kappa shape index (κ2) is 12.2. The van der Waals surface area contributed by atoms with Crippen LogP contribution in [0.2, 0.25) is 0 Å². The molecule has 2 unspecified atom stereocenters. The van der Waals surface area contributed by atoms with E-state index in [0.29, 0.717) is 24.5 Å². The molecule has 0 amide bonds. The van der Waals surface area contributed by atoms with Crippen LogP contribution in [0.4, 0.5) is 15.8 Å². The van der Waals surface area contributed by atoms with Crippen LogP contribution in [0.15, 0.2) is 47.4 Å². The predicted octanol–water partition coefficient (Wildman–Crippen LogP) is 2.25. The zero-order chi connectivity index (χ0) is 28.3. The van der Waals surface area contributed by atoms with Crippen LogP contribution in [0.5, 0.6) is 5.75 Å². The number of anilines is 2. The second-order valence-electron chi connectivity index (χ2n) is 9.98. The molecule has 0 aromatic heterocycles. The lowest BCUT2D eigenvalue weighted by Crippen LogP contribution is -2.61. The van der Waals surface area contributed by atoms with Crippen molar-refractivity contribution in [2.24, 2.45) is 5.92 Å². The van der Waals surface area contributed by atoms with E-state index >= 15 is 0 Å². The lowest BCUT2D eigenvalue weighted by Gasteiger charge is -2.44. The summed E-state index contributed by atoms with van der Waals surface area (Å²) in [6, 6.07) is 10.2. The van der Waals surface area contributed by atoms with Gasteiger partial charge in [-0.25, -0.2) is 22.3 Å². The van der Waals surface area contributed by atoms with Crippen LogP contribution < -0.4 is 24.0 Å². The highest BCUT2D eigenvalue weighted by atomic mass is 32.2. The summed E-state index contributed by atoms with van der Waals surface area (Å²) in [5.74, 6) is -0.328. The average Bonchev–Trinajstić information content (AvgIpc) is 2.85. The van der Waals surface area contributed by atoms with Crippen LogP contribution in [0, 0.1) is 11.7 Å². The van der Waals surface area contributed by atoms with E-state index in [1.165, 1.54) is 35.7 Å². The third kappa shape index (κ3) is 7.35. The van der Waals surface area contributed by atoms with Gasteiger partial charge in [0, 0.05) is 75.9 Å². The van der Waals surface area contributed by atoms with Crippen molar-refractivity contribution in [1.29, 1.82) is 0 Å². The Hall–Kier alpha value is -2.45. The van der Waals surface area contributed by atoms with Gasteiger partial charge in [-0.3, -0.25) is 0 Å². The van der Waals surface area contributed by atoms with Crippen LogP contribution in [-0.4, -0.2) is 80.6 Å². The molecule has 1 aliphatic heterocycles. The molecule has 2 aromatic carbocycles. The Kier molecular flexibility index (Phi) is 9.63. The van der Waals surface area contributed by atoms with E-state index < -0.39 is 26.0 Å². The van der Waals surface area contributed by atoms with E-state index in [0.717, 1.165) is 5.69 Å². The minimum absolute atomic E-state index is 0.0607. The van der Waals surface area contributed by atoms with Crippen LogP contribution in [0.1, 0.15) is 20.8 Å². The van der Waals surface area contributed by atoms with Gasteiger partial charge in [0.25, 0.3) is 10.2 Å². The Morgan fingerprint density at radius 3 is 2.13 bits per heavy atom. The molecule has 2 aromatic rings. The van der Waals surface area contributed by atoms with Gasteiger partial charge in [0.05, 0.1) is 12.0 Å². The minimum Gasteiger partial charge on any atom is -0.497 e. The number of halogens is 1. The van der Waals surface area contributed by atoms with Gasteiger partial charge in [-0.1, -0.05) is 6.92 Å². The van der Waals surface area contributed by atoms with Crippen molar-refractivity contribution in [3.05, 3.63) is 48.3 Å². The van der Waals surface area contributed by atoms with Crippen molar-refractivity contribution in [3.8, 4) is 5.75 Å². The average molecular weight is 572 g/mol. The van der Waals surface area contributed by atoms with Crippen molar-refractivity contribution in [2.75, 3.05) is 57.2 Å². The molecule has 2 N–H and O–H groups in total. The first-order chi connectivity index (χ1) is 17.7. The molecule has 1 aliphatic rings. The molecule has 0 saturated carbocycles. The molecule has 212 valence electrons. The molecule has 0 bridgehead atoms. The molecule has 0 aliphatic carbocycles. The molecule has 13 heteroatoms. The van der Waals surface area contributed by atoms with E-state index in [2.05, 4.69) is 9.44 Å². The molecule has 1 fully saturated rings. The van der Waals surface area contributed by atoms with Crippen molar-refractivity contribution in [3.63, 3.8) is 0 Å². The number of hydrogen-bond donors (Lipinski definition) is 2. The fourth-order valence-electron chi connectivity index (χ4n) is 4.49. The summed E-state index contributed by atoms with van der Waals surface area (Å²) >= 11 is 0. The Labute approximate surface area is 226 Å². The summed E-state index contributed by atoms with van der Waals surface area (Å²) in [7, 11) is -2.37. The normalized spacial score (nSPS) is 19.8. The summed E-state index contributed by atoms with van der Waals surface area (Å²) in [4.78, 5) is 3.96. The van der Waals surface area contributed by atoms with Crippen LogP contribution >= 0.6 is 0 Å². The van der Waals surface area contributed by atoms with Gasteiger partial charge in [-0.05, 0) is 50.1 Å². The van der Waals surface area contributed by atoms with Gasteiger partial charge in [0.2, 0.25) is 10.0 Å². The number of rotatable bonds is 11. The van der Waals surface area contributed by atoms with E-state index in [9.17, 15) is 21.2 Å². The largest absolute Gasteiger partial charge is 0.497 e. The van der Waals surface area contributed by atoms with Crippen LogP contribution in [0.3, 0.4) is 0 Å². The van der Waals surface area contributed by atoms with Crippen molar-refractivity contribution >= 4 is 31.6 Å². The summed E-state index contributed by atoms with van der Waals surface area (Å²) in [6.45, 7) is 6.25. The highest BCUT2D eigenvalue weighted by molar-refractivity contribution is 7.89. The number of methoxy groups -OCH3 is 1. The van der Waals surface area contributed by atoms with Crippen molar-refractivity contribution in [2.45, 2.75) is 37.8 Å². The van der Waals surface area contributed by atoms with Crippen molar-refractivity contribution in [1.82, 2.24) is 13.7 Å². The molecular formula is C25H38FN5O5S2. The fraction of sp³-hybridized carbons (Fsp3) is 0.520. The molecule has 10 nitrogen and oxygen atoms in total. The monoisotopic (exact) mass is 571 g/mol. The van der Waals surface area contributed by atoms with Crippen LogP contribution in [-0.2, 0) is 20.2 Å². The number of piperazine rings is 1. The summed E-state index contributed by atoms with van der Waals surface area (Å²) in [5.41, 5.74) is 1.51. The molecule has 1 saturated heterocycles. The first kappa shape index (κ1) is 30.1. The maximum atomic E-state index is 14.0. The minimum atomic E-state index is -3.85. The molecule has 38 heavy (non-hydrogen) atoms. The lowest BCUT2D eigenvalue weighted by molar-refractivity contribution is 0.237. The van der Waals surface area contributed by atoms with Gasteiger partial charge in [0.15, 0.2) is 0 Å². The fourth-order valence-corrected chi connectivity index (χ4v) is 7.38. The number of nitrogens with one attached hydrogen (secondary N) is 2. The van der Waals surface area contributed by atoms with Crippen molar-refractivity contribution < 1.29 is 26.0 Å². The first-order valence-electron chi connectivity index (χ1n) is 12.4. The Balaban J connectivity index is 1.57. The summed E-state index contributed by atoms with van der Waals surface area (Å²) in [6.07, 6.45) is 0. The lowest BCUT2D eigenvalue weighted by atomic mass is 10.1. The molecule has 0 spiro atoms. The standard InChI is InChI=1S/C25H38FN5O5S2/c1-18(14-27-37(32,33)25-9-7-22(8-10-25)29(4)5)15-28-38(34,35)31-19(2)16-30(17-20(31)3)23-11-21(26)12-24(13-23)36-6/h7-13,18-20,27-28H,14-17H2,1-6H3/t18-,19?,20?/m0/s1. The third-order valence-electron chi connectivity index (χ3n) is 6.47. The molecular weight excluding hydrogens is 533 g/mol. The number of sulfonamides is 1. The van der Waals surface area contributed by atoms with Crippen LogP contribution in [0.25, 0.3) is 0 Å². The zero-order valence-electron chi connectivity index (χ0n) is 22.7. The van der Waals surface area contributed by atoms with Gasteiger partial charge >= 0.3 is 0 Å². The summed E-state index contributed by atoms with van der Waals surface area (Å²) < 4.78 is 77.5. The molecule has 1 heterocycles. The first-order valence-corrected chi connectivity index (χ1v) is 15.3. The highest BCUT2D eigenvalue weighted by Gasteiger charge is 2.38.